The second-order valence-electron chi connectivity index (χ2n) is 5.28. The van der Waals surface area contributed by atoms with Crippen molar-refractivity contribution in [3.05, 3.63) is 36.5 Å². The van der Waals surface area contributed by atoms with Crippen LogP contribution in [-0.2, 0) is 4.79 Å². The highest BCUT2D eigenvalue weighted by molar-refractivity contribution is 5.80. The molecule has 0 aliphatic carbocycles. The topological polar surface area (TPSA) is 68.5 Å². The highest BCUT2D eigenvalue weighted by Gasteiger charge is 2.24. The van der Waals surface area contributed by atoms with Crippen LogP contribution in [0.15, 0.2) is 36.5 Å². The molecule has 0 radical (unpaired) electrons. The van der Waals surface area contributed by atoms with Crippen LogP contribution in [0.2, 0.25) is 0 Å². The highest BCUT2D eigenvalue weighted by atomic mass is 16.5. The van der Waals surface area contributed by atoms with E-state index in [1.807, 2.05) is 30.3 Å². The number of rotatable bonds is 3. The minimum Gasteiger partial charge on any atom is -0.489 e. The van der Waals surface area contributed by atoms with Gasteiger partial charge in [0.1, 0.15) is 11.9 Å². The van der Waals surface area contributed by atoms with E-state index in [0.29, 0.717) is 6.54 Å². The lowest BCUT2D eigenvalue weighted by atomic mass is 10.1. The molecule has 1 aromatic heterocycles. The Hall–Kier alpha value is -2.14. The predicted molar refractivity (Wildman–Crippen MR) is 81.0 cm³/mol. The maximum absolute atomic E-state index is 11.7. The number of pyridine rings is 1. The van der Waals surface area contributed by atoms with E-state index in [0.717, 1.165) is 36.0 Å². The first kappa shape index (κ1) is 13.8. The van der Waals surface area contributed by atoms with Crippen molar-refractivity contribution in [2.24, 2.45) is 5.73 Å². The molecule has 1 fully saturated rings. The van der Waals surface area contributed by atoms with Crippen LogP contribution in [0, 0.1) is 0 Å². The van der Waals surface area contributed by atoms with Crippen LogP contribution in [0.4, 0.5) is 0 Å². The molecule has 1 aliphatic rings. The summed E-state index contributed by atoms with van der Waals surface area (Å²) in [6.45, 7) is 1.45. The molecule has 2 heterocycles. The van der Waals surface area contributed by atoms with Crippen molar-refractivity contribution in [3.8, 4) is 5.75 Å². The Labute approximate surface area is 123 Å². The van der Waals surface area contributed by atoms with Gasteiger partial charge in [0, 0.05) is 18.1 Å². The molecule has 1 unspecified atom stereocenters. The summed E-state index contributed by atoms with van der Waals surface area (Å²) in [6, 6.07) is 9.80. The van der Waals surface area contributed by atoms with Crippen LogP contribution in [-0.4, -0.2) is 41.5 Å². The SMILES string of the molecule is NCC(=O)N1CCCC(Oc2ccc3ncccc3c2)C1. The Morgan fingerprint density at radius 1 is 1.43 bits per heavy atom. The van der Waals surface area contributed by atoms with Crippen LogP contribution >= 0.6 is 0 Å². The molecule has 21 heavy (non-hydrogen) atoms. The quantitative estimate of drug-likeness (QED) is 0.929. The van der Waals surface area contributed by atoms with Crippen molar-refractivity contribution >= 4 is 16.8 Å². The Kier molecular flexibility index (Phi) is 4.01. The average Bonchev–Trinajstić information content (AvgIpc) is 2.54. The lowest BCUT2D eigenvalue weighted by Crippen LogP contribution is -2.46. The molecule has 2 N–H and O–H groups in total. The van der Waals surface area contributed by atoms with Crippen molar-refractivity contribution < 1.29 is 9.53 Å². The van der Waals surface area contributed by atoms with Gasteiger partial charge in [-0.1, -0.05) is 6.07 Å². The van der Waals surface area contributed by atoms with Crippen molar-refractivity contribution in [3.63, 3.8) is 0 Å². The van der Waals surface area contributed by atoms with Crippen molar-refractivity contribution in [2.45, 2.75) is 18.9 Å². The zero-order valence-corrected chi connectivity index (χ0v) is 11.9. The largest absolute Gasteiger partial charge is 0.489 e. The lowest BCUT2D eigenvalue weighted by molar-refractivity contribution is -0.132. The Morgan fingerprint density at radius 3 is 3.19 bits per heavy atom. The van der Waals surface area contributed by atoms with Gasteiger partial charge in [0.15, 0.2) is 0 Å². The number of amides is 1. The fourth-order valence-corrected chi connectivity index (χ4v) is 2.71. The number of carbonyl (C=O) groups excluding carboxylic acids is 1. The monoisotopic (exact) mass is 285 g/mol. The number of hydrogen-bond donors (Lipinski definition) is 1. The Bertz CT molecular complexity index is 644. The van der Waals surface area contributed by atoms with E-state index in [-0.39, 0.29) is 18.6 Å². The number of likely N-dealkylation sites (tertiary alicyclic amines) is 1. The first-order chi connectivity index (χ1) is 10.3. The summed E-state index contributed by atoms with van der Waals surface area (Å²) >= 11 is 0. The fraction of sp³-hybridized carbons (Fsp3) is 0.375. The number of benzene rings is 1. The van der Waals surface area contributed by atoms with Gasteiger partial charge in [0.05, 0.1) is 18.6 Å². The van der Waals surface area contributed by atoms with E-state index in [2.05, 4.69) is 4.98 Å². The van der Waals surface area contributed by atoms with Crippen LogP contribution < -0.4 is 10.5 Å². The molecule has 1 atom stereocenters. The zero-order valence-electron chi connectivity index (χ0n) is 11.9. The summed E-state index contributed by atoms with van der Waals surface area (Å²) in [5, 5.41) is 1.06. The third kappa shape index (κ3) is 3.13. The van der Waals surface area contributed by atoms with E-state index >= 15 is 0 Å². The molecule has 0 spiro atoms. The number of nitrogens with two attached hydrogens (primary N) is 1. The van der Waals surface area contributed by atoms with Crippen molar-refractivity contribution in [1.82, 2.24) is 9.88 Å². The number of aromatic nitrogens is 1. The summed E-state index contributed by atoms with van der Waals surface area (Å²) in [7, 11) is 0. The summed E-state index contributed by atoms with van der Waals surface area (Å²) in [5.41, 5.74) is 6.38. The number of fused-ring (bicyclic) bond motifs is 1. The van der Waals surface area contributed by atoms with Gasteiger partial charge in [-0.05, 0) is 37.1 Å². The Balaban J connectivity index is 1.71. The molecule has 2 aromatic rings. The molecular weight excluding hydrogens is 266 g/mol. The smallest absolute Gasteiger partial charge is 0.236 e. The van der Waals surface area contributed by atoms with E-state index in [1.165, 1.54) is 0 Å². The van der Waals surface area contributed by atoms with Gasteiger partial charge in [-0.2, -0.15) is 0 Å². The first-order valence-electron chi connectivity index (χ1n) is 7.25. The van der Waals surface area contributed by atoms with Crippen LogP contribution in [0.1, 0.15) is 12.8 Å². The van der Waals surface area contributed by atoms with E-state index in [4.69, 9.17) is 10.5 Å². The number of ether oxygens (including phenoxy) is 1. The van der Waals surface area contributed by atoms with Crippen LogP contribution in [0.25, 0.3) is 10.9 Å². The van der Waals surface area contributed by atoms with Gasteiger partial charge < -0.3 is 15.4 Å². The zero-order chi connectivity index (χ0) is 14.7. The van der Waals surface area contributed by atoms with Crippen molar-refractivity contribution in [1.29, 1.82) is 0 Å². The van der Waals surface area contributed by atoms with Gasteiger partial charge in [0.25, 0.3) is 0 Å². The van der Waals surface area contributed by atoms with Crippen molar-refractivity contribution in [2.75, 3.05) is 19.6 Å². The predicted octanol–water partition coefficient (Wildman–Crippen LogP) is 1.56. The Morgan fingerprint density at radius 2 is 2.33 bits per heavy atom. The van der Waals surface area contributed by atoms with Crippen LogP contribution in [0.3, 0.4) is 0 Å². The molecule has 1 aromatic carbocycles. The maximum Gasteiger partial charge on any atom is 0.236 e. The summed E-state index contributed by atoms with van der Waals surface area (Å²) < 4.78 is 6.03. The fourth-order valence-electron chi connectivity index (χ4n) is 2.71. The minimum atomic E-state index is -0.00832. The molecule has 5 nitrogen and oxygen atoms in total. The number of carbonyl (C=O) groups is 1. The van der Waals surface area contributed by atoms with Gasteiger partial charge >= 0.3 is 0 Å². The van der Waals surface area contributed by atoms with Crippen LogP contribution in [0.5, 0.6) is 5.75 Å². The standard InChI is InChI=1S/C16H19N3O2/c17-10-16(20)19-8-2-4-14(11-19)21-13-5-6-15-12(9-13)3-1-7-18-15/h1,3,5-7,9,14H,2,4,8,10-11,17H2. The molecule has 1 aliphatic heterocycles. The number of hydrogen-bond acceptors (Lipinski definition) is 4. The van der Waals surface area contributed by atoms with E-state index in [9.17, 15) is 4.79 Å². The van der Waals surface area contributed by atoms with Gasteiger partial charge in [-0.15, -0.1) is 0 Å². The minimum absolute atomic E-state index is 0.00832. The molecule has 3 rings (SSSR count). The first-order valence-corrected chi connectivity index (χ1v) is 7.25. The summed E-state index contributed by atoms with van der Waals surface area (Å²) in [6.07, 6.45) is 3.72. The third-order valence-electron chi connectivity index (χ3n) is 3.78. The average molecular weight is 285 g/mol. The lowest BCUT2D eigenvalue weighted by Gasteiger charge is -2.32. The molecule has 110 valence electrons. The highest BCUT2D eigenvalue weighted by Crippen LogP contribution is 2.22. The molecule has 1 amide bonds. The van der Waals surface area contributed by atoms with E-state index in [1.54, 1.807) is 11.1 Å². The second-order valence-corrected chi connectivity index (χ2v) is 5.28. The summed E-state index contributed by atoms with van der Waals surface area (Å²) in [4.78, 5) is 17.8. The van der Waals surface area contributed by atoms with Gasteiger partial charge in [0.2, 0.25) is 5.91 Å². The molecule has 5 heteroatoms. The third-order valence-corrected chi connectivity index (χ3v) is 3.78. The van der Waals surface area contributed by atoms with E-state index < -0.39 is 0 Å². The maximum atomic E-state index is 11.7. The summed E-state index contributed by atoms with van der Waals surface area (Å²) in [5.74, 6) is 0.813. The second kappa shape index (κ2) is 6.10. The molecule has 1 saturated heterocycles. The number of piperidine rings is 1. The number of nitrogens with zero attached hydrogens (tertiary/aromatic N) is 2. The normalized spacial score (nSPS) is 18.7. The molecule has 0 bridgehead atoms. The molecular formula is C16H19N3O2. The van der Waals surface area contributed by atoms with Gasteiger partial charge in [-0.3, -0.25) is 9.78 Å². The van der Waals surface area contributed by atoms with Gasteiger partial charge in [-0.25, -0.2) is 0 Å². The molecule has 0 saturated carbocycles.